The number of aromatic nitrogens is 2. The van der Waals surface area contributed by atoms with Crippen molar-refractivity contribution in [3.8, 4) is 0 Å². The first-order valence-corrected chi connectivity index (χ1v) is 10.2. The molecule has 0 saturated carbocycles. The molecule has 1 aromatic rings. The Morgan fingerprint density at radius 3 is 2.86 bits per heavy atom. The molecule has 2 heterocycles. The summed E-state index contributed by atoms with van der Waals surface area (Å²) in [7, 11) is -3.68. The normalized spacial score (nSPS) is 24.4. The van der Waals surface area contributed by atoms with Crippen LogP contribution in [0.25, 0.3) is 0 Å². The largest absolute Gasteiger partial charge is 0.398 e. The van der Waals surface area contributed by atoms with Crippen LogP contribution < -0.4 is 15.8 Å². The smallest absolute Gasteiger partial charge is 0.370 e. The lowest BCUT2D eigenvalue weighted by Gasteiger charge is -2.43. The number of fused-ring (bicyclic) bond motifs is 1. The number of nitrogens with two attached hydrogens (primary N) is 1. The first kappa shape index (κ1) is 21.1. The lowest BCUT2D eigenvalue weighted by molar-refractivity contribution is -0.222. The quantitative estimate of drug-likeness (QED) is 0.629. The summed E-state index contributed by atoms with van der Waals surface area (Å²) < 4.78 is 68.9. The lowest BCUT2D eigenvalue weighted by Crippen LogP contribution is -2.49. The molecule has 12 heteroatoms. The first-order valence-electron chi connectivity index (χ1n) is 8.64. The summed E-state index contributed by atoms with van der Waals surface area (Å²) in [5.74, 6) is -1.35. The van der Waals surface area contributed by atoms with Crippen molar-refractivity contribution in [1.29, 1.82) is 0 Å². The van der Waals surface area contributed by atoms with Crippen molar-refractivity contribution in [2.24, 2.45) is 17.1 Å². The number of anilines is 1. The molecule has 3 rings (SSSR count). The molecule has 8 nitrogen and oxygen atoms in total. The van der Waals surface area contributed by atoms with Crippen LogP contribution in [-0.2, 0) is 27.9 Å². The average molecular weight is 431 g/mol. The summed E-state index contributed by atoms with van der Waals surface area (Å²) in [6.07, 6.45) is -0.0724. The molecule has 158 valence electrons. The van der Waals surface area contributed by atoms with Crippen LogP contribution in [0.1, 0.15) is 12.0 Å². The fourth-order valence-corrected chi connectivity index (χ4v) is 4.09. The maximum Gasteiger partial charge on any atom is 0.398 e. The number of carbonyl (C=O) groups is 1. The predicted octanol–water partition coefficient (Wildman–Crippen LogP) is 1.41. The van der Waals surface area contributed by atoms with Crippen LogP contribution in [-0.4, -0.2) is 36.8 Å². The van der Waals surface area contributed by atoms with E-state index in [4.69, 9.17) is 5.73 Å². The van der Waals surface area contributed by atoms with E-state index in [1.165, 1.54) is 23.0 Å². The Bertz CT molecular complexity index is 996. The minimum absolute atomic E-state index is 0.0389. The number of allylic oxidation sites excluding steroid dienone is 3. The van der Waals surface area contributed by atoms with Gasteiger partial charge in [0.25, 0.3) is 0 Å². The van der Waals surface area contributed by atoms with Gasteiger partial charge >= 0.3 is 6.18 Å². The summed E-state index contributed by atoms with van der Waals surface area (Å²) in [6.45, 7) is 2.95. The van der Waals surface area contributed by atoms with Crippen LogP contribution in [0.4, 0.5) is 19.0 Å². The number of carbonyl (C=O) groups excluding carboxylic acids is 1. The number of rotatable bonds is 6. The monoisotopic (exact) mass is 431 g/mol. The summed E-state index contributed by atoms with van der Waals surface area (Å²) in [4.78, 5) is 11.5. The van der Waals surface area contributed by atoms with Crippen molar-refractivity contribution in [3.05, 3.63) is 47.5 Å². The Hall–Kier alpha value is -2.60. The van der Waals surface area contributed by atoms with Gasteiger partial charge in [-0.05, 0) is 18.8 Å². The molecule has 0 bridgehead atoms. The molecule has 0 saturated heterocycles. The highest BCUT2D eigenvalue weighted by atomic mass is 32.2. The number of alkyl halides is 3. The van der Waals surface area contributed by atoms with Crippen LogP contribution in [0.15, 0.2) is 42.0 Å². The Kier molecular flexibility index (Phi) is 5.34. The maximum atomic E-state index is 14.1. The van der Waals surface area contributed by atoms with E-state index in [2.05, 4.69) is 21.7 Å². The van der Waals surface area contributed by atoms with Gasteiger partial charge in [-0.15, -0.1) is 0 Å². The topological polar surface area (TPSA) is 119 Å². The SMILES string of the molecule is C=CS(=O)(=O)NCn1ncc2c1NCC(C1(C(F)(F)F)C=CC=C(C(N)=O)C1)C2. The van der Waals surface area contributed by atoms with Gasteiger partial charge in [0.05, 0.1) is 11.6 Å². The van der Waals surface area contributed by atoms with E-state index in [9.17, 15) is 26.4 Å². The number of hydrogen-bond donors (Lipinski definition) is 3. The van der Waals surface area contributed by atoms with Crippen molar-refractivity contribution in [3.63, 3.8) is 0 Å². The Morgan fingerprint density at radius 2 is 2.24 bits per heavy atom. The zero-order valence-corrected chi connectivity index (χ0v) is 16.1. The van der Waals surface area contributed by atoms with Crippen molar-refractivity contribution in [2.45, 2.75) is 25.7 Å². The van der Waals surface area contributed by atoms with Gasteiger partial charge in [-0.1, -0.05) is 24.8 Å². The molecule has 1 amide bonds. The summed E-state index contributed by atoms with van der Waals surface area (Å²) in [5, 5.41) is 7.72. The van der Waals surface area contributed by atoms with Gasteiger partial charge in [0.1, 0.15) is 12.5 Å². The molecule has 2 aliphatic rings. The molecule has 0 aromatic carbocycles. The Balaban J connectivity index is 1.86. The third-order valence-corrected chi connectivity index (χ3v) is 6.25. The second-order valence-corrected chi connectivity index (χ2v) is 8.66. The highest BCUT2D eigenvalue weighted by Crippen LogP contribution is 2.53. The van der Waals surface area contributed by atoms with Crippen LogP contribution >= 0.6 is 0 Å². The second-order valence-electron chi connectivity index (χ2n) is 6.94. The van der Waals surface area contributed by atoms with Gasteiger partial charge in [0.2, 0.25) is 15.9 Å². The Morgan fingerprint density at radius 1 is 1.52 bits per heavy atom. The third-order valence-electron chi connectivity index (χ3n) is 5.28. The van der Waals surface area contributed by atoms with Crippen LogP contribution in [0.3, 0.4) is 0 Å². The van der Waals surface area contributed by atoms with Crippen molar-refractivity contribution in [2.75, 3.05) is 11.9 Å². The standard InChI is InChI=1S/C17H20F3N5O3S/c1-2-29(27,28)24-10-25-15-12(8-23-25)6-13(9-22-15)16(17(18,19)20)5-3-4-11(7-16)14(21)26/h2-5,8,13,22,24H,1,6-7,9-10H2,(H2,21,26). The molecular formula is C17H20F3N5O3S. The minimum Gasteiger partial charge on any atom is -0.370 e. The van der Waals surface area contributed by atoms with E-state index in [-0.39, 0.29) is 25.2 Å². The molecule has 1 aliphatic carbocycles. The summed E-state index contributed by atoms with van der Waals surface area (Å²) in [6, 6.07) is 0. The van der Waals surface area contributed by atoms with Gasteiger partial charge < -0.3 is 11.1 Å². The maximum absolute atomic E-state index is 14.1. The molecule has 1 aliphatic heterocycles. The molecular weight excluding hydrogens is 411 g/mol. The molecule has 2 unspecified atom stereocenters. The average Bonchev–Trinajstić information content (AvgIpc) is 3.08. The zero-order chi connectivity index (χ0) is 21.4. The van der Waals surface area contributed by atoms with Crippen molar-refractivity contribution in [1.82, 2.24) is 14.5 Å². The molecule has 0 fully saturated rings. The van der Waals surface area contributed by atoms with E-state index in [0.29, 0.717) is 11.4 Å². The van der Waals surface area contributed by atoms with Gasteiger partial charge in [-0.2, -0.15) is 23.0 Å². The fraction of sp³-hybridized carbons (Fsp3) is 0.412. The molecule has 4 N–H and O–H groups in total. The zero-order valence-electron chi connectivity index (χ0n) is 15.2. The van der Waals surface area contributed by atoms with Crippen molar-refractivity contribution < 1.29 is 26.4 Å². The highest BCUT2D eigenvalue weighted by molar-refractivity contribution is 7.92. The second kappa shape index (κ2) is 7.34. The fourth-order valence-electron chi connectivity index (χ4n) is 3.67. The van der Waals surface area contributed by atoms with Crippen LogP contribution in [0, 0.1) is 11.3 Å². The predicted molar refractivity (Wildman–Crippen MR) is 99.7 cm³/mol. The van der Waals surface area contributed by atoms with Gasteiger partial charge in [-0.25, -0.2) is 13.1 Å². The van der Waals surface area contributed by atoms with Gasteiger partial charge in [0.15, 0.2) is 0 Å². The molecule has 2 atom stereocenters. The van der Waals surface area contributed by atoms with E-state index in [0.717, 1.165) is 11.5 Å². The van der Waals surface area contributed by atoms with Gasteiger partial charge in [-0.3, -0.25) is 4.79 Å². The number of nitrogens with zero attached hydrogens (tertiary/aromatic N) is 2. The van der Waals surface area contributed by atoms with Crippen LogP contribution in [0.2, 0.25) is 0 Å². The molecule has 0 radical (unpaired) electrons. The minimum atomic E-state index is -4.60. The lowest BCUT2D eigenvalue weighted by atomic mass is 9.65. The number of amides is 1. The van der Waals surface area contributed by atoms with Gasteiger partial charge in [0, 0.05) is 23.1 Å². The summed E-state index contributed by atoms with van der Waals surface area (Å²) >= 11 is 0. The number of sulfonamides is 1. The van der Waals surface area contributed by atoms with E-state index in [1.54, 1.807) is 0 Å². The number of halogens is 3. The highest BCUT2D eigenvalue weighted by Gasteiger charge is 2.59. The Labute approximate surface area is 165 Å². The summed E-state index contributed by atoms with van der Waals surface area (Å²) in [5.41, 5.74) is 3.41. The third kappa shape index (κ3) is 3.94. The van der Waals surface area contributed by atoms with E-state index in [1.807, 2.05) is 0 Å². The van der Waals surface area contributed by atoms with Crippen molar-refractivity contribution >= 4 is 21.7 Å². The number of hydrogen-bond acceptors (Lipinski definition) is 5. The molecule has 0 spiro atoms. The van der Waals surface area contributed by atoms with E-state index >= 15 is 0 Å². The number of nitrogens with one attached hydrogen (secondary N) is 2. The molecule has 29 heavy (non-hydrogen) atoms. The van der Waals surface area contributed by atoms with Crippen LogP contribution in [0.5, 0.6) is 0 Å². The molecule has 1 aromatic heterocycles. The first-order chi connectivity index (χ1) is 13.5. The van der Waals surface area contributed by atoms with E-state index < -0.39 is 39.9 Å². The number of primary amides is 1.